The van der Waals surface area contributed by atoms with E-state index in [1.54, 1.807) is 18.2 Å². The number of rotatable bonds is 3. The molecule has 1 rings (SSSR count). The minimum Gasteiger partial charge on any atom is -0.325 e. The van der Waals surface area contributed by atoms with E-state index in [4.69, 9.17) is 11.6 Å². The van der Waals surface area contributed by atoms with Crippen molar-refractivity contribution in [2.75, 3.05) is 17.3 Å². The molecule has 0 bridgehead atoms. The zero-order valence-electron chi connectivity index (χ0n) is 8.33. The number of amides is 1. The molecule has 4 nitrogen and oxygen atoms in total. The molecule has 0 aliphatic carbocycles. The summed E-state index contributed by atoms with van der Waals surface area (Å²) < 4.78 is 22.4. The van der Waals surface area contributed by atoms with Crippen LogP contribution in [0.1, 0.15) is 0 Å². The maximum atomic E-state index is 11.3. The van der Waals surface area contributed by atoms with Crippen LogP contribution in [0.3, 0.4) is 0 Å². The molecule has 0 radical (unpaired) electrons. The van der Waals surface area contributed by atoms with Crippen molar-refractivity contribution in [1.29, 1.82) is 0 Å². The monoisotopic (exact) mass is 325 g/mol. The molecule has 1 aromatic carbocycles. The zero-order valence-corrected chi connectivity index (χ0v) is 11.5. The topological polar surface area (TPSA) is 63.2 Å². The molecule has 0 aromatic heterocycles. The fourth-order valence-electron chi connectivity index (χ4n) is 1.01. The first-order valence-corrected chi connectivity index (χ1v) is 7.44. The van der Waals surface area contributed by atoms with Gasteiger partial charge in [-0.1, -0.05) is 11.6 Å². The molecule has 0 aliphatic heterocycles. The zero-order chi connectivity index (χ0) is 12.3. The molecule has 88 valence electrons. The first kappa shape index (κ1) is 13.5. The summed E-state index contributed by atoms with van der Waals surface area (Å²) >= 11 is 8.96. The van der Waals surface area contributed by atoms with Crippen molar-refractivity contribution in [1.82, 2.24) is 0 Å². The highest BCUT2D eigenvalue weighted by atomic mass is 79.9. The van der Waals surface area contributed by atoms with Crippen molar-refractivity contribution in [2.24, 2.45) is 0 Å². The number of carbonyl (C=O) groups excluding carboxylic acids is 1. The average molecular weight is 327 g/mol. The third-order valence-corrected chi connectivity index (χ3v) is 3.60. The van der Waals surface area contributed by atoms with Crippen molar-refractivity contribution in [2.45, 2.75) is 0 Å². The molecule has 0 saturated heterocycles. The molecule has 0 saturated carbocycles. The number of hydrogen-bond donors (Lipinski definition) is 1. The Morgan fingerprint density at radius 3 is 2.62 bits per heavy atom. The number of carbonyl (C=O) groups is 1. The van der Waals surface area contributed by atoms with Gasteiger partial charge in [0.15, 0.2) is 9.84 Å². The van der Waals surface area contributed by atoms with Gasteiger partial charge in [0, 0.05) is 16.4 Å². The smallest absolute Gasteiger partial charge is 0.239 e. The lowest BCUT2D eigenvalue weighted by atomic mass is 10.3. The van der Waals surface area contributed by atoms with Crippen molar-refractivity contribution in [3.63, 3.8) is 0 Å². The van der Waals surface area contributed by atoms with Crippen molar-refractivity contribution in [3.8, 4) is 0 Å². The molecule has 1 amide bonds. The van der Waals surface area contributed by atoms with Crippen LogP contribution < -0.4 is 5.32 Å². The van der Waals surface area contributed by atoms with Crippen LogP contribution >= 0.6 is 27.5 Å². The van der Waals surface area contributed by atoms with E-state index in [9.17, 15) is 13.2 Å². The van der Waals surface area contributed by atoms with Gasteiger partial charge in [-0.3, -0.25) is 4.79 Å². The van der Waals surface area contributed by atoms with Crippen LogP contribution in [-0.2, 0) is 14.6 Å². The van der Waals surface area contributed by atoms with Crippen molar-refractivity contribution in [3.05, 3.63) is 27.7 Å². The maximum Gasteiger partial charge on any atom is 0.239 e. The van der Waals surface area contributed by atoms with Crippen molar-refractivity contribution < 1.29 is 13.2 Å². The van der Waals surface area contributed by atoms with E-state index in [2.05, 4.69) is 21.2 Å². The number of nitrogens with one attached hydrogen (secondary N) is 1. The summed E-state index contributed by atoms with van der Waals surface area (Å²) in [6, 6.07) is 4.79. The fraction of sp³-hybridized carbons (Fsp3) is 0.222. The summed E-state index contributed by atoms with van der Waals surface area (Å²) in [6.45, 7) is 0. The second-order valence-corrected chi connectivity index (χ2v) is 6.65. The van der Waals surface area contributed by atoms with Crippen LogP contribution in [0.25, 0.3) is 0 Å². The quantitative estimate of drug-likeness (QED) is 0.925. The summed E-state index contributed by atoms with van der Waals surface area (Å²) in [5.41, 5.74) is 0.491. The highest BCUT2D eigenvalue weighted by molar-refractivity contribution is 9.10. The van der Waals surface area contributed by atoms with E-state index >= 15 is 0 Å². The molecule has 0 heterocycles. The summed E-state index contributed by atoms with van der Waals surface area (Å²) in [6.07, 6.45) is 1.00. The SMILES string of the molecule is CS(=O)(=O)CC(=O)Nc1ccc(Cl)c(Br)c1. The number of hydrogen-bond acceptors (Lipinski definition) is 3. The molecule has 1 aromatic rings. The molecule has 7 heteroatoms. The van der Waals surface area contributed by atoms with Gasteiger partial charge in [0.25, 0.3) is 0 Å². The highest BCUT2D eigenvalue weighted by Crippen LogP contribution is 2.25. The van der Waals surface area contributed by atoms with Gasteiger partial charge in [-0.25, -0.2) is 8.42 Å². The minimum absolute atomic E-state index is 0.491. The lowest BCUT2D eigenvalue weighted by molar-refractivity contribution is -0.113. The van der Waals surface area contributed by atoms with Gasteiger partial charge >= 0.3 is 0 Å². The van der Waals surface area contributed by atoms with E-state index < -0.39 is 21.5 Å². The van der Waals surface area contributed by atoms with Crippen LogP contribution in [-0.4, -0.2) is 26.3 Å². The first-order valence-electron chi connectivity index (χ1n) is 4.20. The molecular weight excluding hydrogens is 318 g/mol. The van der Waals surface area contributed by atoms with Crippen LogP contribution in [0.5, 0.6) is 0 Å². The van der Waals surface area contributed by atoms with Gasteiger partial charge in [0.2, 0.25) is 5.91 Å². The van der Waals surface area contributed by atoms with Crippen LogP contribution in [0.4, 0.5) is 5.69 Å². The van der Waals surface area contributed by atoms with Gasteiger partial charge in [0.05, 0.1) is 5.02 Å². The second-order valence-electron chi connectivity index (χ2n) is 3.25. The summed E-state index contributed by atoms with van der Waals surface area (Å²) in [5, 5.41) is 2.97. The normalized spacial score (nSPS) is 11.2. The Bertz CT molecular complexity index is 515. The number of anilines is 1. The molecule has 1 N–H and O–H groups in total. The Labute approximate surface area is 107 Å². The third kappa shape index (κ3) is 4.51. The molecule has 16 heavy (non-hydrogen) atoms. The number of sulfone groups is 1. The van der Waals surface area contributed by atoms with Gasteiger partial charge in [0.1, 0.15) is 5.75 Å². The third-order valence-electron chi connectivity index (χ3n) is 1.60. The van der Waals surface area contributed by atoms with Crippen LogP contribution in [0.15, 0.2) is 22.7 Å². The van der Waals surface area contributed by atoms with E-state index in [-0.39, 0.29) is 0 Å². The Morgan fingerprint density at radius 2 is 2.12 bits per heavy atom. The first-order chi connectivity index (χ1) is 7.28. The van der Waals surface area contributed by atoms with Gasteiger partial charge < -0.3 is 5.32 Å². The molecular formula is C9H9BrClNO3S. The second kappa shape index (κ2) is 5.16. The van der Waals surface area contributed by atoms with Crippen LogP contribution in [0.2, 0.25) is 5.02 Å². The standard InChI is InChI=1S/C9H9BrClNO3S/c1-16(14,15)5-9(13)12-6-2-3-8(11)7(10)4-6/h2-4H,5H2,1H3,(H,12,13). The largest absolute Gasteiger partial charge is 0.325 e. The predicted molar refractivity (Wildman–Crippen MR) is 67.5 cm³/mol. The Morgan fingerprint density at radius 1 is 1.50 bits per heavy atom. The van der Waals surface area contributed by atoms with E-state index in [0.29, 0.717) is 15.2 Å². The Balaban J connectivity index is 2.74. The van der Waals surface area contributed by atoms with Gasteiger partial charge in [-0.15, -0.1) is 0 Å². The molecule has 0 spiro atoms. The lowest BCUT2D eigenvalue weighted by Crippen LogP contribution is -2.21. The maximum absolute atomic E-state index is 11.3. The Kier molecular flexibility index (Phi) is 4.35. The van der Waals surface area contributed by atoms with E-state index in [0.717, 1.165) is 6.26 Å². The molecule has 0 unspecified atom stereocenters. The van der Waals surface area contributed by atoms with Gasteiger partial charge in [-0.05, 0) is 34.1 Å². The molecule has 0 fully saturated rings. The number of benzene rings is 1. The predicted octanol–water partition coefficient (Wildman–Crippen LogP) is 2.09. The van der Waals surface area contributed by atoms with Crippen LogP contribution in [0, 0.1) is 0 Å². The molecule has 0 aliphatic rings. The Hall–Kier alpha value is -0.590. The highest BCUT2D eigenvalue weighted by Gasteiger charge is 2.11. The number of halogens is 2. The summed E-state index contributed by atoms with van der Waals surface area (Å²) in [5.74, 6) is -1.11. The average Bonchev–Trinajstić information content (AvgIpc) is 2.08. The summed E-state index contributed by atoms with van der Waals surface area (Å²) in [4.78, 5) is 11.3. The lowest BCUT2D eigenvalue weighted by Gasteiger charge is -2.05. The van der Waals surface area contributed by atoms with Crippen molar-refractivity contribution >= 4 is 49.0 Å². The van der Waals surface area contributed by atoms with E-state index in [1.165, 1.54) is 0 Å². The van der Waals surface area contributed by atoms with Gasteiger partial charge in [-0.2, -0.15) is 0 Å². The summed E-state index contributed by atoms with van der Waals surface area (Å²) in [7, 11) is -3.31. The minimum atomic E-state index is -3.31. The molecule has 0 atom stereocenters. The fourth-order valence-corrected chi connectivity index (χ4v) is 2.05. The van der Waals surface area contributed by atoms with E-state index in [1.807, 2.05) is 0 Å².